The molecule has 0 radical (unpaired) electrons. The van der Waals surface area contributed by atoms with E-state index in [-0.39, 0.29) is 5.92 Å². The summed E-state index contributed by atoms with van der Waals surface area (Å²) in [6.07, 6.45) is 3.23. The standard InChI is InChI=1S/C9H18FNO3S/c10-8(6-15(12,13)14)9(11)7-4-2-1-3-5-7/h7-9H,1-6,11H2,(H,12,13,14)/t8-,9-/m1/s1. The zero-order chi connectivity index (χ0) is 11.5. The van der Waals surface area contributed by atoms with Crippen molar-refractivity contribution >= 4 is 10.1 Å². The Bertz CT molecular complexity index is 288. The van der Waals surface area contributed by atoms with Crippen molar-refractivity contribution < 1.29 is 17.4 Å². The summed E-state index contributed by atoms with van der Waals surface area (Å²) < 4.78 is 42.9. The number of alkyl halides is 1. The van der Waals surface area contributed by atoms with Crippen LogP contribution in [-0.4, -0.2) is 30.9 Å². The maximum absolute atomic E-state index is 13.4. The van der Waals surface area contributed by atoms with Crippen LogP contribution < -0.4 is 5.73 Å². The summed E-state index contributed by atoms with van der Waals surface area (Å²) in [5, 5.41) is 0. The molecule has 15 heavy (non-hydrogen) atoms. The minimum Gasteiger partial charge on any atom is -0.325 e. The summed E-state index contributed by atoms with van der Waals surface area (Å²) in [6, 6.07) is -0.771. The maximum Gasteiger partial charge on any atom is 0.267 e. The lowest BCUT2D eigenvalue weighted by Crippen LogP contribution is -2.43. The fourth-order valence-corrected chi connectivity index (χ4v) is 2.75. The molecule has 0 spiro atoms. The van der Waals surface area contributed by atoms with Crippen molar-refractivity contribution in [2.24, 2.45) is 11.7 Å². The molecule has 1 fully saturated rings. The van der Waals surface area contributed by atoms with Crippen LogP contribution in [0.2, 0.25) is 0 Å². The van der Waals surface area contributed by atoms with Gasteiger partial charge < -0.3 is 5.73 Å². The van der Waals surface area contributed by atoms with Crippen molar-refractivity contribution in [3.05, 3.63) is 0 Å². The Kier molecular flexibility index (Phi) is 4.48. The van der Waals surface area contributed by atoms with E-state index in [0.29, 0.717) is 0 Å². The molecule has 1 saturated carbocycles. The van der Waals surface area contributed by atoms with Gasteiger partial charge in [0.1, 0.15) is 11.9 Å². The fraction of sp³-hybridized carbons (Fsp3) is 1.00. The van der Waals surface area contributed by atoms with Crippen LogP contribution in [0.5, 0.6) is 0 Å². The van der Waals surface area contributed by atoms with Crippen molar-refractivity contribution in [2.75, 3.05) is 5.75 Å². The summed E-state index contributed by atoms with van der Waals surface area (Å²) in [6.45, 7) is 0. The highest BCUT2D eigenvalue weighted by atomic mass is 32.2. The minimum absolute atomic E-state index is 0.0514. The number of hydrogen-bond donors (Lipinski definition) is 2. The Balaban J connectivity index is 2.47. The van der Waals surface area contributed by atoms with Gasteiger partial charge in [0.25, 0.3) is 10.1 Å². The molecule has 0 aromatic carbocycles. The number of halogens is 1. The molecular weight excluding hydrogens is 221 g/mol. The van der Waals surface area contributed by atoms with Gasteiger partial charge in [-0.15, -0.1) is 0 Å². The lowest BCUT2D eigenvalue weighted by Gasteiger charge is -2.29. The predicted molar refractivity (Wildman–Crippen MR) is 55.9 cm³/mol. The van der Waals surface area contributed by atoms with E-state index in [4.69, 9.17) is 10.3 Å². The zero-order valence-electron chi connectivity index (χ0n) is 8.60. The number of hydrogen-bond acceptors (Lipinski definition) is 3. The van der Waals surface area contributed by atoms with Crippen molar-refractivity contribution in [1.29, 1.82) is 0 Å². The molecule has 0 saturated heterocycles. The Labute approximate surface area is 89.8 Å². The average molecular weight is 239 g/mol. The third kappa shape index (κ3) is 4.44. The van der Waals surface area contributed by atoms with E-state index in [9.17, 15) is 12.8 Å². The van der Waals surface area contributed by atoms with E-state index in [1.54, 1.807) is 0 Å². The summed E-state index contributed by atoms with van der Waals surface area (Å²) in [5.74, 6) is -0.833. The smallest absolute Gasteiger partial charge is 0.267 e. The maximum atomic E-state index is 13.4. The molecule has 0 unspecified atom stereocenters. The average Bonchev–Trinajstić information content (AvgIpc) is 2.15. The lowest BCUT2D eigenvalue weighted by atomic mass is 9.83. The largest absolute Gasteiger partial charge is 0.325 e. The molecule has 1 aliphatic rings. The van der Waals surface area contributed by atoms with Crippen LogP contribution in [0.4, 0.5) is 4.39 Å². The first kappa shape index (κ1) is 12.9. The van der Waals surface area contributed by atoms with Crippen molar-refractivity contribution in [1.82, 2.24) is 0 Å². The van der Waals surface area contributed by atoms with Gasteiger partial charge in [-0.25, -0.2) is 4.39 Å². The third-order valence-electron chi connectivity index (χ3n) is 2.98. The van der Waals surface area contributed by atoms with Gasteiger partial charge in [-0.05, 0) is 18.8 Å². The second-order valence-electron chi connectivity index (χ2n) is 4.24. The van der Waals surface area contributed by atoms with E-state index < -0.39 is 28.1 Å². The Morgan fingerprint density at radius 1 is 1.33 bits per heavy atom. The second-order valence-corrected chi connectivity index (χ2v) is 5.74. The van der Waals surface area contributed by atoms with Crippen LogP contribution in [0.3, 0.4) is 0 Å². The fourth-order valence-electron chi connectivity index (χ4n) is 2.13. The first-order chi connectivity index (χ1) is 6.90. The molecule has 0 bridgehead atoms. The molecule has 4 nitrogen and oxygen atoms in total. The summed E-state index contributed by atoms with van der Waals surface area (Å²) in [4.78, 5) is 0. The highest BCUT2D eigenvalue weighted by Crippen LogP contribution is 2.27. The molecule has 0 aliphatic heterocycles. The van der Waals surface area contributed by atoms with Gasteiger partial charge in [0.05, 0.1) is 0 Å². The summed E-state index contributed by atoms with van der Waals surface area (Å²) >= 11 is 0. The van der Waals surface area contributed by atoms with Crippen molar-refractivity contribution in [3.63, 3.8) is 0 Å². The number of nitrogens with two attached hydrogens (primary N) is 1. The van der Waals surface area contributed by atoms with Gasteiger partial charge in [-0.3, -0.25) is 4.55 Å². The molecule has 0 aromatic heterocycles. The Morgan fingerprint density at radius 3 is 2.33 bits per heavy atom. The lowest BCUT2D eigenvalue weighted by molar-refractivity contribution is 0.206. The van der Waals surface area contributed by atoms with Crippen molar-refractivity contribution in [3.8, 4) is 0 Å². The van der Waals surface area contributed by atoms with Crippen LogP contribution in [0, 0.1) is 5.92 Å². The number of rotatable bonds is 4. The second kappa shape index (κ2) is 5.23. The normalized spacial score (nSPS) is 23.7. The summed E-state index contributed by atoms with van der Waals surface area (Å²) in [5.41, 5.74) is 5.65. The first-order valence-electron chi connectivity index (χ1n) is 5.25. The molecule has 6 heteroatoms. The molecule has 2 atom stereocenters. The molecule has 90 valence electrons. The SMILES string of the molecule is N[C@H](C1CCCCC1)[C@H](F)CS(=O)(=O)O. The highest BCUT2D eigenvalue weighted by molar-refractivity contribution is 7.85. The van der Waals surface area contributed by atoms with Gasteiger partial charge in [-0.1, -0.05) is 19.3 Å². The van der Waals surface area contributed by atoms with Crippen LogP contribution in [0.1, 0.15) is 32.1 Å². The third-order valence-corrected chi connectivity index (χ3v) is 3.72. The minimum atomic E-state index is -4.26. The van der Waals surface area contributed by atoms with Gasteiger partial charge in [0, 0.05) is 6.04 Å². The van der Waals surface area contributed by atoms with Gasteiger partial charge in [0.15, 0.2) is 0 Å². The van der Waals surface area contributed by atoms with Gasteiger partial charge >= 0.3 is 0 Å². The van der Waals surface area contributed by atoms with E-state index in [1.165, 1.54) is 0 Å². The molecular formula is C9H18FNO3S. The summed E-state index contributed by atoms with van der Waals surface area (Å²) in [7, 11) is -4.26. The molecule has 0 heterocycles. The predicted octanol–water partition coefficient (Wildman–Crippen LogP) is 1.12. The van der Waals surface area contributed by atoms with Crippen molar-refractivity contribution in [2.45, 2.75) is 44.3 Å². The topological polar surface area (TPSA) is 80.4 Å². The van der Waals surface area contributed by atoms with E-state index in [2.05, 4.69) is 0 Å². The van der Waals surface area contributed by atoms with Crippen LogP contribution >= 0.6 is 0 Å². The monoisotopic (exact) mass is 239 g/mol. The van der Waals surface area contributed by atoms with E-state index in [1.807, 2.05) is 0 Å². The zero-order valence-corrected chi connectivity index (χ0v) is 9.42. The quantitative estimate of drug-likeness (QED) is 0.720. The molecule has 1 rings (SSSR count). The van der Waals surface area contributed by atoms with Crippen LogP contribution in [0.25, 0.3) is 0 Å². The highest BCUT2D eigenvalue weighted by Gasteiger charge is 2.30. The molecule has 3 N–H and O–H groups in total. The Morgan fingerprint density at radius 2 is 1.87 bits per heavy atom. The van der Waals surface area contributed by atoms with Gasteiger partial charge in [-0.2, -0.15) is 8.42 Å². The van der Waals surface area contributed by atoms with Crippen LogP contribution in [-0.2, 0) is 10.1 Å². The van der Waals surface area contributed by atoms with Crippen LogP contribution in [0.15, 0.2) is 0 Å². The molecule has 0 aromatic rings. The van der Waals surface area contributed by atoms with E-state index >= 15 is 0 Å². The molecule has 0 amide bonds. The Hall–Kier alpha value is -0.200. The van der Waals surface area contributed by atoms with Gasteiger partial charge in [0.2, 0.25) is 0 Å². The first-order valence-corrected chi connectivity index (χ1v) is 6.86. The molecule has 1 aliphatic carbocycles. The van der Waals surface area contributed by atoms with E-state index in [0.717, 1.165) is 32.1 Å².